The van der Waals surface area contributed by atoms with Gasteiger partial charge in [-0.05, 0) is 38.8 Å². The molecule has 2 fully saturated rings. The number of sulfone groups is 1. The van der Waals surface area contributed by atoms with Crippen LogP contribution in [0.15, 0.2) is 23.1 Å². The van der Waals surface area contributed by atoms with Crippen molar-refractivity contribution in [2.45, 2.75) is 55.6 Å². The van der Waals surface area contributed by atoms with E-state index in [1.807, 2.05) is 13.8 Å². The summed E-state index contributed by atoms with van der Waals surface area (Å²) in [5, 5.41) is 11.2. The number of nitrogens with zero attached hydrogens (tertiary/aromatic N) is 2. The zero-order valence-electron chi connectivity index (χ0n) is 14.8. The van der Waals surface area contributed by atoms with E-state index in [0.717, 1.165) is 31.9 Å². The summed E-state index contributed by atoms with van der Waals surface area (Å²) in [6, 6.07) is 4.35. The van der Waals surface area contributed by atoms with Crippen LogP contribution >= 0.6 is 0 Å². The average molecular weight is 368 g/mol. The normalized spacial score (nSPS) is 22.3. The summed E-state index contributed by atoms with van der Waals surface area (Å²) < 4.78 is 30.4. The second-order valence-electron chi connectivity index (χ2n) is 7.79. The standard InChI is InChI=1S/C17H24N2O5S/c1-16(2)11-18(12-17(24-16)8-4-5-9-17)13-6-7-14(19(20)21)15(10-13)25(3,22)23/h6-7,10H,4-5,8-9,11-12H2,1-3H3. The van der Waals surface area contributed by atoms with Gasteiger partial charge in [0.1, 0.15) is 4.90 Å². The Morgan fingerprint density at radius 1 is 1.20 bits per heavy atom. The Morgan fingerprint density at radius 2 is 1.84 bits per heavy atom. The third kappa shape index (κ3) is 3.64. The molecule has 0 atom stereocenters. The highest BCUT2D eigenvalue weighted by Gasteiger charge is 2.46. The summed E-state index contributed by atoms with van der Waals surface area (Å²) in [4.78, 5) is 12.4. The van der Waals surface area contributed by atoms with E-state index >= 15 is 0 Å². The van der Waals surface area contributed by atoms with Crippen LogP contribution in [0.4, 0.5) is 11.4 Å². The van der Waals surface area contributed by atoms with Crippen LogP contribution in [0.25, 0.3) is 0 Å². The minimum Gasteiger partial charge on any atom is -0.366 e. The lowest BCUT2D eigenvalue weighted by atomic mass is 9.93. The predicted molar refractivity (Wildman–Crippen MR) is 94.8 cm³/mol. The highest BCUT2D eigenvalue weighted by molar-refractivity contribution is 7.90. The van der Waals surface area contributed by atoms with Gasteiger partial charge in [-0.2, -0.15) is 0 Å². The second-order valence-corrected chi connectivity index (χ2v) is 9.77. The molecule has 0 radical (unpaired) electrons. The minimum atomic E-state index is -3.70. The van der Waals surface area contributed by atoms with Crippen LogP contribution in [-0.4, -0.2) is 43.9 Å². The van der Waals surface area contributed by atoms with Crippen LogP contribution in [0, 0.1) is 10.1 Å². The molecule has 0 amide bonds. The molecular formula is C17H24N2O5S. The number of anilines is 1. The van der Waals surface area contributed by atoms with Crippen LogP contribution in [0.5, 0.6) is 0 Å². The van der Waals surface area contributed by atoms with E-state index in [2.05, 4.69) is 4.90 Å². The lowest BCUT2D eigenvalue weighted by Crippen LogP contribution is -2.58. The van der Waals surface area contributed by atoms with Gasteiger partial charge in [-0.15, -0.1) is 0 Å². The van der Waals surface area contributed by atoms with Crippen LogP contribution in [0.2, 0.25) is 0 Å². The molecule has 1 saturated carbocycles. The van der Waals surface area contributed by atoms with Crippen molar-refractivity contribution < 1.29 is 18.1 Å². The maximum absolute atomic E-state index is 12.0. The topological polar surface area (TPSA) is 89.8 Å². The van der Waals surface area contributed by atoms with Gasteiger partial charge in [-0.3, -0.25) is 10.1 Å². The largest absolute Gasteiger partial charge is 0.366 e. The van der Waals surface area contributed by atoms with Gasteiger partial charge < -0.3 is 9.64 Å². The lowest BCUT2D eigenvalue weighted by Gasteiger charge is -2.49. The molecule has 3 rings (SSSR count). The Balaban J connectivity index is 2.02. The maximum Gasteiger partial charge on any atom is 0.288 e. The molecule has 1 aliphatic carbocycles. The number of benzene rings is 1. The highest BCUT2D eigenvalue weighted by atomic mass is 32.2. The van der Waals surface area contributed by atoms with Crippen molar-refractivity contribution in [3.8, 4) is 0 Å². The zero-order valence-corrected chi connectivity index (χ0v) is 15.6. The Labute approximate surface area is 148 Å². The van der Waals surface area contributed by atoms with Crippen molar-refractivity contribution in [2.24, 2.45) is 0 Å². The maximum atomic E-state index is 12.0. The molecule has 138 valence electrons. The first-order chi connectivity index (χ1) is 11.5. The fourth-order valence-electron chi connectivity index (χ4n) is 4.12. The molecule has 1 spiro atoms. The van der Waals surface area contributed by atoms with Gasteiger partial charge in [-0.1, -0.05) is 12.8 Å². The quantitative estimate of drug-likeness (QED) is 0.602. The van der Waals surface area contributed by atoms with Crippen molar-refractivity contribution in [1.82, 2.24) is 0 Å². The first-order valence-corrected chi connectivity index (χ1v) is 10.3. The molecule has 25 heavy (non-hydrogen) atoms. The third-order valence-electron chi connectivity index (χ3n) is 4.96. The van der Waals surface area contributed by atoms with Crippen molar-refractivity contribution in [3.05, 3.63) is 28.3 Å². The summed E-state index contributed by atoms with van der Waals surface area (Å²) in [6.07, 6.45) is 5.22. The van der Waals surface area contributed by atoms with Gasteiger partial charge in [0.15, 0.2) is 9.84 Å². The molecule has 1 heterocycles. The molecule has 7 nitrogen and oxygen atoms in total. The highest BCUT2D eigenvalue weighted by Crippen LogP contribution is 2.42. The van der Waals surface area contributed by atoms with E-state index < -0.39 is 14.8 Å². The van der Waals surface area contributed by atoms with Gasteiger partial charge in [0.25, 0.3) is 5.69 Å². The van der Waals surface area contributed by atoms with Crippen molar-refractivity contribution in [1.29, 1.82) is 0 Å². The van der Waals surface area contributed by atoms with Crippen molar-refractivity contribution in [3.63, 3.8) is 0 Å². The van der Waals surface area contributed by atoms with Gasteiger partial charge in [-0.25, -0.2) is 8.42 Å². The van der Waals surface area contributed by atoms with E-state index in [9.17, 15) is 18.5 Å². The monoisotopic (exact) mass is 368 g/mol. The Morgan fingerprint density at radius 3 is 2.40 bits per heavy atom. The summed E-state index contributed by atoms with van der Waals surface area (Å²) in [5.74, 6) is 0. The molecule has 1 aliphatic heterocycles. The number of morpholine rings is 1. The summed E-state index contributed by atoms with van der Waals surface area (Å²) in [6.45, 7) is 5.34. The fraction of sp³-hybridized carbons (Fsp3) is 0.647. The minimum absolute atomic E-state index is 0.214. The third-order valence-corrected chi connectivity index (χ3v) is 6.09. The number of ether oxygens (including phenoxy) is 1. The summed E-state index contributed by atoms with van der Waals surface area (Å²) >= 11 is 0. The fourth-order valence-corrected chi connectivity index (χ4v) is 4.98. The Hall–Kier alpha value is -1.67. The molecule has 0 N–H and O–H groups in total. The van der Waals surface area contributed by atoms with Crippen molar-refractivity contribution in [2.75, 3.05) is 24.2 Å². The molecule has 1 aromatic rings. The number of rotatable bonds is 3. The number of nitro groups is 1. The van der Waals surface area contributed by atoms with E-state index in [1.54, 1.807) is 6.07 Å². The van der Waals surface area contributed by atoms with E-state index in [4.69, 9.17) is 4.74 Å². The van der Waals surface area contributed by atoms with Crippen LogP contribution in [0.3, 0.4) is 0 Å². The number of hydrogen-bond donors (Lipinski definition) is 0. The molecular weight excluding hydrogens is 344 g/mol. The summed E-state index contributed by atoms with van der Waals surface area (Å²) in [7, 11) is -3.70. The van der Waals surface area contributed by atoms with Crippen LogP contribution in [-0.2, 0) is 14.6 Å². The predicted octanol–water partition coefficient (Wildman–Crippen LogP) is 2.93. The van der Waals surface area contributed by atoms with Gasteiger partial charge >= 0.3 is 0 Å². The first kappa shape index (κ1) is 18.1. The van der Waals surface area contributed by atoms with E-state index in [1.165, 1.54) is 12.1 Å². The first-order valence-electron chi connectivity index (χ1n) is 8.45. The average Bonchev–Trinajstić information content (AvgIpc) is 2.91. The number of hydrogen-bond acceptors (Lipinski definition) is 6. The Kier molecular flexibility index (Phi) is 4.31. The van der Waals surface area contributed by atoms with E-state index in [0.29, 0.717) is 18.8 Å². The summed E-state index contributed by atoms with van der Waals surface area (Å²) in [5.41, 5.74) is -0.271. The number of nitro benzene ring substituents is 1. The molecule has 0 aromatic heterocycles. The lowest BCUT2D eigenvalue weighted by molar-refractivity contribution is -0.387. The second kappa shape index (κ2) is 5.95. The Bertz CT molecular complexity index is 797. The SMILES string of the molecule is CC1(C)CN(c2ccc([N+](=O)[O-])c(S(C)(=O)=O)c2)CC2(CCCC2)O1. The molecule has 2 aliphatic rings. The van der Waals surface area contributed by atoms with Crippen LogP contribution < -0.4 is 4.90 Å². The van der Waals surface area contributed by atoms with E-state index in [-0.39, 0.29) is 21.8 Å². The smallest absolute Gasteiger partial charge is 0.288 e. The van der Waals surface area contributed by atoms with Gasteiger partial charge in [0.2, 0.25) is 0 Å². The molecule has 1 aromatic carbocycles. The van der Waals surface area contributed by atoms with Crippen molar-refractivity contribution >= 4 is 21.2 Å². The van der Waals surface area contributed by atoms with Crippen LogP contribution in [0.1, 0.15) is 39.5 Å². The van der Waals surface area contributed by atoms with Gasteiger partial charge in [0, 0.05) is 31.1 Å². The van der Waals surface area contributed by atoms with Gasteiger partial charge in [0.05, 0.1) is 16.1 Å². The zero-order chi connectivity index (χ0) is 18.5. The molecule has 1 saturated heterocycles. The molecule has 0 unspecified atom stereocenters. The molecule has 8 heteroatoms. The molecule has 0 bridgehead atoms.